The number of nitrogens with zero attached hydrogens (tertiary/aromatic N) is 4. The van der Waals surface area contributed by atoms with Gasteiger partial charge in [0.25, 0.3) is 0 Å². The fourth-order valence-corrected chi connectivity index (χ4v) is 0.692. The van der Waals surface area contributed by atoms with Gasteiger partial charge in [0.2, 0.25) is 0 Å². The van der Waals surface area contributed by atoms with Crippen LogP contribution < -0.4 is 0 Å². The van der Waals surface area contributed by atoms with Gasteiger partial charge in [-0.3, -0.25) is 0 Å². The van der Waals surface area contributed by atoms with Gasteiger partial charge in [-0.2, -0.15) is 5.10 Å². The summed E-state index contributed by atoms with van der Waals surface area (Å²) in [4.78, 5) is 0. The molecular weight excluding hydrogens is 116 g/mol. The Labute approximate surface area is 51.1 Å². The number of hydrogen-bond donors (Lipinski definition) is 0. The molecule has 4 heteroatoms. The van der Waals surface area contributed by atoms with E-state index in [0.717, 1.165) is 5.52 Å². The minimum Gasteiger partial charge on any atom is -0.157 e. The summed E-state index contributed by atoms with van der Waals surface area (Å²) < 4.78 is 1.47. The first-order valence-corrected chi connectivity index (χ1v) is 2.58. The topological polar surface area (TPSA) is 43.1 Å². The van der Waals surface area contributed by atoms with Crippen molar-refractivity contribution in [3.05, 3.63) is 24.5 Å². The van der Waals surface area contributed by atoms with Crippen LogP contribution >= 0.6 is 0 Å². The van der Waals surface area contributed by atoms with Gasteiger partial charge in [-0.15, -0.1) is 9.73 Å². The van der Waals surface area contributed by atoms with Crippen LogP contribution in [0.25, 0.3) is 5.52 Å². The maximum atomic E-state index is 3.86. The van der Waals surface area contributed by atoms with E-state index in [9.17, 15) is 0 Å². The SMILES string of the molecule is c1cc2ccnn2nn1. The Morgan fingerprint density at radius 2 is 2.11 bits per heavy atom. The maximum absolute atomic E-state index is 3.86. The summed E-state index contributed by atoms with van der Waals surface area (Å²) in [5.74, 6) is 0. The molecule has 0 atom stereocenters. The van der Waals surface area contributed by atoms with E-state index in [-0.39, 0.29) is 0 Å². The molecule has 9 heavy (non-hydrogen) atoms. The molecule has 0 saturated heterocycles. The predicted octanol–water partition coefficient (Wildman–Crippen LogP) is 0.124. The largest absolute Gasteiger partial charge is 0.157 e. The molecule has 0 fully saturated rings. The number of hydrogen-bond acceptors (Lipinski definition) is 3. The molecule has 0 aliphatic carbocycles. The minimum absolute atomic E-state index is 0.963. The average molecular weight is 120 g/mol. The summed E-state index contributed by atoms with van der Waals surface area (Å²) in [7, 11) is 0. The number of fused-ring (bicyclic) bond motifs is 1. The van der Waals surface area contributed by atoms with E-state index in [1.54, 1.807) is 12.4 Å². The lowest BCUT2D eigenvalue weighted by Crippen LogP contribution is -1.93. The first-order chi connectivity index (χ1) is 4.47. The molecule has 2 aromatic rings. The maximum Gasteiger partial charge on any atom is 0.0906 e. The van der Waals surface area contributed by atoms with E-state index >= 15 is 0 Å². The number of aromatic nitrogens is 4. The van der Waals surface area contributed by atoms with Crippen LogP contribution in [-0.4, -0.2) is 20.0 Å². The molecule has 0 spiro atoms. The summed E-state index contributed by atoms with van der Waals surface area (Å²) in [6, 6.07) is 3.72. The molecule has 44 valence electrons. The average Bonchev–Trinajstić information content (AvgIpc) is 2.33. The first kappa shape index (κ1) is 4.43. The monoisotopic (exact) mass is 120 g/mol. The standard InChI is InChI=1S/C5H4N4/c1-3-6-8-9-5(1)2-4-7-9/h1-4H. The van der Waals surface area contributed by atoms with Crippen LogP contribution in [0.15, 0.2) is 24.5 Å². The molecular formula is C5H4N4. The highest BCUT2D eigenvalue weighted by atomic mass is 15.5. The lowest BCUT2D eigenvalue weighted by molar-refractivity contribution is 0.719. The van der Waals surface area contributed by atoms with E-state index < -0.39 is 0 Å². The Balaban J connectivity index is 2.95. The van der Waals surface area contributed by atoms with E-state index in [4.69, 9.17) is 0 Å². The van der Waals surface area contributed by atoms with Gasteiger partial charge in [0.15, 0.2) is 0 Å². The Hall–Kier alpha value is -1.45. The highest BCUT2D eigenvalue weighted by Crippen LogP contribution is 1.93. The van der Waals surface area contributed by atoms with Crippen molar-refractivity contribution in [3.8, 4) is 0 Å². The van der Waals surface area contributed by atoms with Gasteiger partial charge in [0.1, 0.15) is 0 Å². The number of rotatable bonds is 0. The van der Waals surface area contributed by atoms with Crippen LogP contribution in [0.2, 0.25) is 0 Å². The summed E-state index contributed by atoms with van der Waals surface area (Å²) in [5.41, 5.74) is 0.963. The molecule has 0 N–H and O–H groups in total. The van der Waals surface area contributed by atoms with Crippen molar-refractivity contribution in [2.24, 2.45) is 0 Å². The molecule has 2 heterocycles. The van der Waals surface area contributed by atoms with Gasteiger partial charge in [0, 0.05) is 0 Å². The van der Waals surface area contributed by atoms with Crippen LogP contribution in [0.5, 0.6) is 0 Å². The second kappa shape index (κ2) is 1.51. The van der Waals surface area contributed by atoms with E-state index in [1.807, 2.05) is 12.1 Å². The Bertz CT molecular complexity index is 283. The molecule has 0 saturated carbocycles. The fourth-order valence-electron chi connectivity index (χ4n) is 0.692. The van der Waals surface area contributed by atoms with Crippen molar-refractivity contribution in [3.63, 3.8) is 0 Å². The fraction of sp³-hybridized carbons (Fsp3) is 0. The van der Waals surface area contributed by atoms with E-state index in [0.29, 0.717) is 0 Å². The molecule has 4 nitrogen and oxygen atoms in total. The molecule has 0 unspecified atom stereocenters. The Morgan fingerprint density at radius 3 is 3.00 bits per heavy atom. The molecule has 0 aromatic carbocycles. The molecule has 2 rings (SSSR count). The minimum atomic E-state index is 0.963. The van der Waals surface area contributed by atoms with Crippen LogP contribution in [0, 0.1) is 0 Å². The molecule has 0 aliphatic heterocycles. The zero-order chi connectivity index (χ0) is 6.10. The quantitative estimate of drug-likeness (QED) is 0.496. The van der Waals surface area contributed by atoms with Gasteiger partial charge >= 0.3 is 0 Å². The Morgan fingerprint density at radius 1 is 1.22 bits per heavy atom. The highest BCUT2D eigenvalue weighted by molar-refractivity contribution is 5.41. The molecule has 0 aliphatic rings. The van der Waals surface area contributed by atoms with Crippen molar-refractivity contribution in [2.75, 3.05) is 0 Å². The van der Waals surface area contributed by atoms with Crippen molar-refractivity contribution in [1.82, 2.24) is 20.0 Å². The van der Waals surface area contributed by atoms with Gasteiger partial charge in [0.05, 0.1) is 17.9 Å². The first-order valence-electron chi connectivity index (χ1n) is 2.58. The smallest absolute Gasteiger partial charge is 0.0906 e. The lowest BCUT2D eigenvalue weighted by atomic mass is 10.5. The van der Waals surface area contributed by atoms with Gasteiger partial charge in [-0.05, 0) is 17.3 Å². The van der Waals surface area contributed by atoms with Crippen LogP contribution in [0.3, 0.4) is 0 Å². The van der Waals surface area contributed by atoms with Gasteiger partial charge in [-0.1, -0.05) is 0 Å². The highest BCUT2D eigenvalue weighted by Gasteiger charge is 1.88. The van der Waals surface area contributed by atoms with Crippen LogP contribution in [0.1, 0.15) is 0 Å². The van der Waals surface area contributed by atoms with Crippen LogP contribution in [0.4, 0.5) is 0 Å². The zero-order valence-corrected chi connectivity index (χ0v) is 4.60. The molecule has 0 amide bonds. The second-order valence-corrected chi connectivity index (χ2v) is 1.67. The van der Waals surface area contributed by atoms with Crippen molar-refractivity contribution in [2.45, 2.75) is 0 Å². The summed E-state index contributed by atoms with van der Waals surface area (Å²) in [5, 5.41) is 11.2. The third kappa shape index (κ3) is 0.561. The van der Waals surface area contributed by atoms with Crippen molar-refractivity contribution < 1.29 is 0 Å². The third-order valence-electron chi connectivity index (χ3n) is 1.10. The van der Waals surface area contributed by atoms with Crippen molar-refractivity contribution in [1.29, 1.82) is 0 Å². The normalized spacial score (nSPS) is 10.2. The molecule has 0 radical (unpaired) electrons. The predicted molar refractivity (Wildman–Crippen MR) is 30.8 cm³/mol. The third-order valence-corrected chi connectivity index (χ3v) is 1.10. The lowest BCUT2D eigenvalue weighted by Gasteiger charge is -1.83. The molecule has 2 aromatic heterocycles. The van der Waals surface area contributed by atoms with Crippen LogP contribution in [-0.2, 0) is 0 Å². The van der Waals surface area contributed by atoms with E-state index in [2.05, 4.69) is 15.4 Å². The van der Waals surface area contributed by atoms with Crippen molar-refractivity contribution >= 4 is 5.52 Å². The summed E-state index contributed by atoms with van der Waals surface area (Å²) >= 11 is 0. The van der Waals surface area contributed by atoms with Gasteiger partial charge in [-0.25, -0.2) is 0 Å². The molecule has 0 bridgehead atoms. The Kier molecular flexibility index (Phi) is 0.745. The van der Waals surface area contributed by atoms with Gasteiger partial charge < -0.3 is 0 Å². The second-order valence-electron chi connectivity index (χ2n) is 1.67. The zero-order valence-electron chi connectivity index (χ0n) is 4.60. The summed E-state index contributed by atoms with van der Waals surface area (Å²) in [6.07, 6.45) is 3.32. The summed E-state index contributed by atoms with van der Waals surface area (Å²) in [6.45, 7) is 0. The van der Waals surface area contributed by atoms with E-state index in [1.165, 1.54) is 4.63 Å².